The van der Waals surface area contributed by atoms with Crippen LogP contribution in [0.1, 0.15) is 16.1 Å². The minimum Gasteiger partial charge on any atom is -0.486 e. The molecule has 2 rings (SSSR count). The third-order valence-electron chi connectivity index (χ3n) is 2.24. The van der Waals surface area contributed by atoms with Crippen LogP contribution in [0.3, 0.4) is 0 Å². The summed E-state index contributed by atoms with van der Waals surface area (Å²) in [7, 11) is 0. The molecule has 94 valence electrons. The highest BCUT2D eigenvalue weighted by atomic mass is 79.9. The molecule has 0 atom stereocenters. The molecule has 18 heavy (non-hydrogen) atoms. The summed E-state index contributed by atoms with van der Waals surface area (Å²) < 4.78 is 23.6. The van der Waals surface area contributed by atoms with E-state index >= 15 is 0 Å². The van der Waals surface area contributed by atoms with Gasteiger partial charge in [0, 0.05) is 0 Å². The first-order valence-electron chi connectivity index (χ1n) is 4.95. The SMILES string of the molecule is O=C(O)c1ccoc1COc1ccc(F)c(Br)c1. The van der Waals surface area contributed by atoms with Crippen molar-refractivity contribution in [2.75, 3.05) is 0 Å². The smallest absolute Gasteiger partial charge is 0.339 e. The average molecular weight is 315 g/mol. The summed E-state index contributed by atoms with van der Waals surface area (Å²) in [4.78, 5) is 10.8. The quantitative estimate of drug-likeness (QED) is 0.939. The number of hydrogen-bond donors (Lipinski definition) is 1. The second kappa shape index (κ2) is 5.22. The van der Waals surface area contributed by atoms with E-state index in [-0.39, 0.29) is 22.4 Å². The van der Waals surface area contributed by atoms with Crippen molar-refractivity contribution >= 4 is 21.9 Å². The van der Waals surface area contributed by atoms with E-state index in [1.807, 2.05) is 0 Å². The molecule has 0 spiro atoms. The highest BCUT2D eigenvalue weighted by Crippen LogP contribution is 2.23. The molecule has 0 aliphatic carbocycles. The number of rotatable bonds is 4. The summed E-state index contributed by atoms with van der Waals surface area (Å²) in [5, 5.41) is 8.86. The van der Waals surface area contributed by atoms with E-state index in [4.69, 9.17) is 14.3 Å². The Bertz CT molecular complexity index is 579. The zero-order valence-corrected chi connectivity index (χ0v) is 10.6. The summed E-state index contributed by atoms with van der Waals surface area (Å²) >= 11 is 3.03. The highest BCUT2D eigenvalue weighted by molar-refractivity contribution is 9.10. The fraction of sp³-hybridized carbons (Fsp3) is 0.0833. The van der Waals surface area contributed by atoms with Crippen LogP contribution in [0.4, 0.5) is 4.39 Å². The van der Waals surface area contributed by atoms with Gasteiger partial charge >= 0.3 is 5.97 Å². The Morgan fingerprint density at radius 1 is 1.44 bits per heavy atom. The standard InChI is InChI=1S/C12H8BrFO4/c13-9-5-7(1-2-10(9)14)18-6-11-8(12(15)16)3-4-17-11/h1-5H,6H2,(H,15,16). The third kappa shape index (κ3) is 2.70. The van der Waals surface area contributed by atoms with Crippen LogP contribution in [0.2, 0.25) is 0 Å². The molecule has 0 saturated carbocycles. The number of aromatic carboxylic acids is 1. The maximum absolute atomic E-state index is 13.0. The predicted molar refractivity (Wildman–Crippen MR) is 64.1 cm³/mol. The van der Waals surface area contributed by atoms with Gasteiger partial charge < -0.3 is 14.3 Å². The Morgan fingerprint density at radius 2 is 2.22 bits per heavy atom. The molecular formula is C12H8BrFO4. The number of ether oxygens (including phenoxy) is 1. The topological polar surface area (TPSA) is 59.7 Å². The van der Waals surface area contributed by atoms with Crippen LogP contribution < -0.4 is 4.74 Å². The summed E-state index contributed by atoms with van der Waals surface area (Å²) in [6.07, 6.45) is 1.28. The van der Waals surface area contributed by atoms with Gasteiger partial charge in [0.25, 0.3) is 0 Å². The highest BCUT2D eigenvalue weighted by Gasteiger charge is 2.13. The normalized spacial score (nSPS) is 10.3. The molecule has 0 unspecified atom stereocenters. The molecule has 0 radical (unpaired) electrons. The van der Waals surface area contributed by atoms with Crippen LogP contribution in [0, 0.1) is 5.82 Å². The van der Waals surface area contributed by atoms with Crippen LogP contribution in [-0.4, -0.2) is 11.1 Å². The van der Waals surface area contributed by atoms with E-state index in [9.17, 15) is 9.18 Å². The van der Waals surface area contributed by atoms with Crippen molar-refractivity contribution in [3.63, 3.8) is 0 Å². The van der Waals surface area contributed by atoms with Gasteiger partial charge in [-0.15, -0.1) is 0 Å². The summed E-state index contributed by atoms with van der Waals surface area (Å²) in [5.74, 6) is -0.854. The Morgan fingerprint density at radius 3 is 2.89 bits per heavy atom. The van der Waals surface area contributed by atoms with Crippen molar-refractivity contribution in [2.24, 2.45) is 0 Å². The zero-order chi connectivity index (χ0) is 13.1. The van der Waals surface area contributed by atoms with E-state index in [0.29, 0.717) is 5.75 Å². The van der Waals surface area contributed by atoms with Crippen molar-refractivity contribution in [3.8, 4) is 5.75 Å². The molecular weight excluding hydrogens is 307 g/mol. The fourth-order valence-corrected chi connectivity index (χ4v) is 1.72. The number of furan rings is 1. The molecule has 1 heterocycles. The number of carboxylic acids is 1. The molecule has 0 amide bonds. The van der Waals surface area contributed by atoms with Crippen LogP contribution in [-0.2, 0) is 6.61 Å². The van der Waals surface area contributed by atoms with Crippen molar-refractivity contribution in [1.29, 1.82) is 0 Å². The Hall–Kier alpha value is -1.82. The molecule has 1 aromatic carbocycles. The predicted octanol–water partition coefficient (Wildman–Crippen LogP) is 3.46. The fourth-order valence-electron chi connectivity index (χ4n) is 1.36. The first-order chi connectivity index (χ1) is 8.58. The first kappa shape index (κ1) is 12.6. The van der Waals surface area contributed by atoms with Crippen LogP contribution in [0.15, 0.2) is 39.4 Å². The maximum Gasteiger partial charge on any atom is 0.339 e. The molecule has 0 bridgehead atoms. The van der Waals surface area contributed by atoms with Gasteiger partial charge in [0.2, 0.25) is 0 Å². The molecule has 0 aliphatic heterocycles. The zero-order valence-electron chi connectivity index (χ0n) is 9.02. The Labute approximate surface area is 110 Å². The molecule has 0 saturated heterocycles. The van der Waals surface area contributed by atoms with Gasteiger partial charge in [-0.1, -0.05) is 0 Å². The lowest BCUT2D eigenvalue weighted by molar-refractivity contribution is 0.0692. The molecule has 0 aliphatic rings. The van der Waals surface area contributed by atoms with Gasteiger partial charge in [-0.05, 0) is 40.2 Å². The Kier molecular flexibility index (Phi) is 3.66. The van der Waals surface area contributed by atoms with Crippen molar-refractivity contribution < 1.29 is 23.4 Å². The molecule has 1 N–H and O–H groups in total. The Balaban J connectivity index is 2.09. The second-order valence-electron chi connectivity index (χ2n) is 3.43. The number of hydrogen-bond acceptors (Lipinski definition) is 3. The minimum atomic E-state index is -1.08. The van der Waals surface area contributed by atoms with Gasteiger partial charge in [0.15, 0.2) is 5.76 Å². The molecule has 6 heteroatoms. The van der Waals surface area contributed by atoms with Crippen molar-refractivity contribution in [3.05, 3.63) is 52.1 Å². The number of carboxylic acid groups (broad SMARTS) is 1. The minimum absolute atomic E-state index is 0.0350. The number of benzene rings is 1. The van der Waals surface area contributed by atoms with E-state index in [1.165, 1.54) is 30.5 Å². The van der Waals surface area contributed by atoms with Gasteiger partial charge in [-0.2, -0.15) is 0 Å². The average Bonchev–Trinajstić information content (AvgIpc) is 2.79. The van der Waals surface area contributed by atoms with E-state index in [0.717, 1.165) is 0 Å². The van der Waals surface area contributed by atoms with Crippen molar-refractivity contribution in [2.45, 2.75) is 6.61 Å². The van der Waals surface area contributed by atoms with Gasteiger partial charge in [-0.25, -0.2) is 9.18 Å². The largest absolute Gasteiger partial charge is 0.486 e. The summed E-state index contributed by atoms with van der Waals surface area (Å²) in [6.45, 7) is -0.0350. The first-order valence-corrected chi connectivity index (χ1v) is 5.74. The van der Waals surface area contributed by atoms with Gasteiger partial charge in [-0.3, -0.25) is 0 Å². The maximum atomic E-state index is 13.0. The second-order valence-corrected chi connectivity index (χ2v) is 4.28. The van der Waals surface area contributed by atoms with E-state index in [2.05, 4.69) is 15.9 Å². The van der Waals surface area contributed by atoms with Gasteiger partial charge in [0.1, 0.15) is 23.7 Å². The van der Waals surface area contributed by atoms with Crippen LogP contribution in [0.25, 0.3) is 0 Å². The van der Waals surface area contributed by atoms with Gasteiger partial charge in [0.05, 0.1) is 10.7 Å². The van der Waals surface area contributed by atoms with Crippen molar-refractivity contribution in [1.82, 2.24) is 0 Å². The lowest BCUT2D eigenvalue weighted by atomic mass is 10.2. The molecule has 0 fully saturated rings. The molecule has 1 aromatic heterocycles. The van der Waals surface area contributed by atoms with E-state index < -0.39 is 11.8 Å². The molecule has 2 aromatic rings. The third-order valence-corrected chi connectivity index (χ3v) is 2.84. The summed E-state index contributed by atoms with van der Waals surface area (Å²) in [5.41, 5.74) is 0.0520. The number of halogens is 2. The molecule has 4 nitrogen and oxygen atoms in total. The lowest BCUT2D eigenvalue weighted by Crippen LogP contribution is -2.02. The lowest BCUT2D eigenvalue weighted by Gasteiger charge is -2.05. The van der Waals surface area contributed by atoms with Crippen LogP contribution >= 0.6 is 15.9 Å². The monoisotopic (exact) mass is 314 g/mol. The number of carbonyl (C=O) groups is 1. The van der Waals surface area contributed by atoms with E-state index in [1.54, 1.807) is 0 Å². The van der Waals surface area contributed by atoms with Crippen LogP contribution in [0.5, 0.6) is 5.75 Å². The summed E-state index contributed by atoms with van der Waals surface area (Å²) in [6, 6.07) is 5.50.